The summed E-state index contributed by atoms with van der Waals surface area (Å²) >= 11 is 5.81. The average Bonchev–Trinajstić information content (AvgIpc) is 2.55. The summed E-state index contributed by atoms with van der Waals surface area (Å²) in [6, 6.07) is 1.91. The van der Waals surface area contributed by atoms with E-state index in [1.54, 1.807) is 6.33 Å². The van der Waals surface area contributed by atoms with E-state index in [9.17, 15) is 0 Å². The Kier molecular flexibility index (Phi) is 3.25. The molecule has 0 aromatic carbocycles. The fourth-order valence-corrected chi connectivity index (χ4v) is 1.31. The van der Waals surface area contributed by atoms with Gasteiger partial charge in [-0.05, 0) is 13.0 Å². The molecule has 0 saturated carbocycles. The van der Waals surface area contributed by atoms with Gasteiger partial charge >= 0.3 is 0 Å². The molecule has 0 aliphatic carbocycles. The highest BCUT2D eigenvalue weighted by Gasteiger charge is 2.02. The molecule has 2 rings (SSSR count). The van der Waals surface area contributed by atoms with Gasteiger partial charge in [-0.2, -0.15) is 0 Å². The molecule has 0 aliphatic rings. The Morgan fingerprint density at radius 3 is 2.77 bits per heavy atom. The first-order valence-corrected chi connectivity index (χ1v) is 4.61. The molecule has 0 amide bonds. The number of halogens is 1. The highest BCUT2D eigenvalue weighted by Crippen LogP contribution is 2.17. The quantitative estimate of drug-likeness (QED) is 0.660. The number of hydrogen-bond acceptors (Lipinski definition) is 2. The first-order chi connectivity index (χ1) is 6.27. The van der Waals surface area contributed by atoms with Gasteiger partial charge < -0.3 is 4.98 Å². The van der Waals surface area contributed by atoms with E-state index in [1.165, 1.54) is 0 Å². The predicted molar refractivity (Wildman–Crippen MR) is 55.0 cm³/mol. The first-order valence-electron chi connectivity index (χ1n) is 4.23. The molecule has 13 heavy (non-hydrogen) atoms. The van der Waals surface area contributed by atoms with Crippen molar-refractivity contribution in [3.63, 3.8) is 0 Å². The van der Waals surface area contributed by atoms with Crippen molar-refractivity contribution in [2.45, 2.75) is 20.8 Å². The topological polar surface area (TPSA) is 41.6 Å². The summed E-state index contributed by atoms with van der Waals surface area (Å²) in [6.07, 6.45) is 1.61. The van der Waals surface area contributed by atoms with E-state index >= 15 is 0 Å². The average molecular weight is 198 g/mol. The van der Waals surface area contributed by atoms with Gasteiger partial charge in [-0.25, -0.2) is 9.97 Å². The minimum atomic E-state index is 0.459. The van der Waals surface area contributed by atoms with Crippen molar-refractivity contribution in [3.8, 4) is 0 Å². The van der Waals surface area contributed by atoms with Crippen LogP contribution >= 0.6 is 11.6 Å². The van der Waals surface area contributed by atoms with E-state index in [4.69, 9.17) is 11.6 Å². The molecular weight excluding hydrogens is 186 g/mol. The molecule has 0 saturated heterocycles. The monoisotopic (exact) mass is 197 g/mol. The van der Waals surface area contributed by atoms with Crippen molar-refractivity contribution in [2.75, 3.05) is 0 Å². The molecule has 3 nitrogen and oxygen atoms in total. The van der Waals surface area contributed by atoms with Crippen molar-refractivity contribution >= 4 is 22.6 Å². The van der Waals surface area contributed by atoms with Gasteiger partial charge in [0.2, 0.25) is 0 Å². The summed E-state index contributed by atoms with van der Waals surface area (Å²) in [6.45, 7) is 5.90. The summed E-state index contributed by atoms with van der Waals surface area (Å²) in [7, 11) is 0. The molecule has 0 atom stereocenters. The molecule has 0 bridgehead atoms. The Morgan fingerprint density at radius 1 is 1.38 bits per heavy atom. The van der Waals surface area contributed by atoms with E-state index in [2.05, 4.69) is 15.0 Å². The molecule has 0 spiro atoms. The van der Waals surface area contributed by atoms with Crippen molar-refractivity contribution in [3.05, 3.63) is 23.2 Å². The van der Waals surface area contributed by atoms with Crippen molar-refractivity contribution in [2.24, 2.45) is 0 Å². The number of aryl methyl sites for hydroxylation is 1. The van der Waals surface area contributed by atoms with E-state index in [0.717, 1.165) is 16.7 Å². The lowest BCUT2D eigenvalue weighted by atomic mass is 10.3. The fraction of sp³-hybridized carbons (Fsp3) is 0.333. The third-order valence-corrected chi connectivity index (χ3v) is 1.76. The van der Waals surface area contributed by atoms with Gasteiger partial charge in [-0.15, -0.1) is 0 Å². The number of nitrogens with zero attached hydrogens (tertiary/aromatic N) is 2. The van der Waals surface area contributed by atoms with Crippen LogP contribution in [0.3, 0.4) is 0 Å². The molecule has 70 valence electrons. The zero-order valence-corrected chi connectivity index (χ0v) is 8.68. The lowest BCUT2D eigenvalue weighted by molar-refractivity contribution is 1.22. The number of pyridine rings is 1. The molecule has 2 heterocycles. The minimum absolute atomic E-state index is 0.459. The van der Waals surface area contributed by atoms with Crippen LogP contribution in [0, 0.1) is 6.92 Å². The first kappa shape index (κ1) is 9.99. The van der Waals surface area contributed by atoms with Crippen molar-refractivity contribution in [1.29, 1.82) is 0 Å². The van der Waals surface area contributed by atoms with E-state index in [1.807, 2.05) is 26.8 Å². The van der Waals surface area contributed by atoms with Gasteiger partial charge in [0.25, 0.3) is 0 Å². The van der Waals surface area contributed by atoms with Crippen LogP contribution in [0.2, 0.25) is 5.15 Å². The summed E-state index contributed by atoms with van der Waals surface area (Å²) < 4.78 is 0. The van der Waals surface area contributed by atoms with Gasteiger partial charge in [0.05, 0.1) is 11.8 Å². The molecule has 0 radical (unpaired) electrons. The number of nitrogens with one attached hydrogen (secondary N) is 1. The van der Waals surface area contributed by atoms with Crippen molar-refractivity contribution < 1.29 is 0 Å². The van der Waals surface area contributed by atoms with Gasteiger partial charge in [0.1, 0.15) is 5.52 Å². The van der Waals surface area contributed by atoms with E-state index < -0.39 is 0 Å². The Morgan fingerprint density at radius 2 is 2.08 bits per heavy atom. The lowest BCUT2D eigenvalue weighted by Crippen LogP contribution is -1.82. The number of fused-ring (bicyclic) bond motifs is 1. The molecule has 0 aliphatic heterocycles. The SMILES string of the molecule is CC.Cc1cc2[nH]cnc2c(Cl)n1. The van der Waals surface area contributed by atoms with Gasteiger partial charge in [-0.3, -0.25) is 0 Å². The van der Waals surface area contributed by atoms with Gasteiger partial charge in [-0.1, -0.05) is 25.4 Å². The summed E-state index contributed by atoms with van der Waals surface area (Å²) in [5.41, 5.74) is 2.56. The standard InChI is InChI=1S/C7H6ClN3.C2H6/c1-4-2-5-6(7(8)11-4)10-3-9-5;1-2/h2-3H,1H3,(H,9,10);1-2H3. The largest absolute Gasteiger partial charge is 0.344 e. The van der Waals surface area contributed by atoms with Crippen LogP contribution in [0.5, 0.6) is 0 Å². The third-order valence-electron chi connectivity index (χ3n) is 1.49. The zero-order valence-electron chi connectivity index (χ0n) is 7.93. The van der Waals surface area contributed by atoms with Crippen LogP contribution in [-0.2, 0) is 0 Å². The summed E-state index contributed by atoms with van der Waals surface area (Å²) in [5, 5.41) is 0.459. The lowest BCUT2D eigenvalue weighted by Gasteiger charge is -1.93. The number of rotatable bonds is 0. The van der Waals surface area contributed by atoms with Crippen LogP contribution in [0.1, 0.15) is 19.5 Å². The maximum absolute atomic E-state index is 5.81. The zero-order chi connectivity index (χ0) is 9.84. The van der Waals surface area contributed by atoms with Gasteiger partial charge in [0.15, 0.2) is 5.15 Å². The molecular formula is C9H12ClN3. The summed E-state index contributed by atoms with van der Waals surface area (Å²) in [5.74, 6) is 0. The number of hydrogen-bond donors (Lipinski definition) is 1. The number of H-pyrrole nitrogens is 1. The fourth-order valence-electron chi connectivity index (χ4n) is 1.03. The third kappa shape index (κ3) is 1.98. The Bertz CT molecular complexity index is 395. The van der Waals surface area contributed by atoms with E-state index in [0.29, 0.717) is 5.15 Å². The Hall–Kier alpha value is -1.09. The summed E-state index contributed by atoms with van der Waals surface area (Å²) in [4.78, 5) is 11.0. The molecule has 2 aromatic rings. The Labute approximate surface area is 82.2 Å². The smallest absolute Gasteiger partial charge is 0.157 e. The number of aromatic nitrogens is 3. The highest BCUT2D eigenvalue weighted by atomic mass is 35.5. The molecule has 2 aromatic heterocycles. The molecule has 1 N–H and O–H groups in total. The van der Waals surface area contributed by atoms with Crippen molar-refractivity contribution in [1.82, 2.24) is 15.0 Å². The van der Waals surface area contributed by atoms with Crippen LogP contribution in [0.15, 0.2) is 12.4 Å². The van der Waals surface area contributed by atoms with Crippen LogP contribution in [0.25, 0.3) is 11.0 Å². The second-order valence-corrected chi connectivity index (χ2v) is 2.71. The number of imidazole rings is 1. The minimum Gasteiger partial charge on any atom is -0.344 e. The molecule has 4 heteroatoms. The normalized spacial score (nSPS) is 9.54. The molecule has 0 unspecified atom stereocenters. The van der Waals surface area contributed by atoms with Gasteiger partial charge in [0, 0.05) is 5.69 Å². The van der Waals surface area contributed by atoms with Crippen LogP contribution in [-0.4, -0.2) is 15.0 Å². The second-order valence-electron chi connectivity index (χ2n) is 2.35. The van der Waals surface area contributed by atoms with E-state index in [-0.39, 0.29) is 0 Å². The maximum atomic E-state index is 5.81. The second kappa shape index (κ2) is 4.23. The van der Waals surface area contributed by atoms with Crippen LogP contribution < -0.4 is 0 Å². The predicted octanol–water partition coefficient (Wildman–Crippen LogP) is 2.95. The Balaban J connectivity index is 0.000000396. The highest BCUT2D eigenvalue weighted by molar-refractivity contribution is 6.33. The van der Waals surface area contributed by atoms with Crippen LogP contribution in [0.4, 0.5) is 0 Å². The maximum Gasteiger partial charge on any atom is 0.157 e. The molecule has 0 fully saturated rings. The number of aromatic amines is 1.